The van der Waals surface area contributed by atoms with Crippen LogP contribution in [-0.2, 0) is 4.74 Å². The second-order valence-electron chi connectivity index (χ2n) is 4.78. The van der Waals surface area contributed by atoms with E-state index in [-0.39, 0.29) is 0 Å². The first kappa shape index (κ1) is 13.2. The number of morpholine rings is 1. The number of nitrogens with one attached hydrogen (secondary N) is 1. The molecule has 18 heavy (non-hydrogen) atoms. The first-order valence-electron chi connectivity index (χ1n) is 6.37. The van der Waals surface area contributed by atoms with Crippen LogP contribution in [0.1, 0.15) is 5.56 Å². The fourth-order valence-corrected chi connectivity index (χ4v) is 2.26. The summed E-state index contributed by atoms with van der Waals surface area (Å²) >= 11 is 0. The maximum absolute atomic E-state index is 5.48. The lowest BCUT2D eigenvalue weighted by atomic mass is 10.1. The number of likely N-dealkylation sites (N-methyl/N-ethyl adjacent to an activating group) is 1. The molecule has 0 amide bonds. The van der Waals surface area contributed by atoms with Gasteiger partial charge in [0, 0.05) is 26.2 Å². The zero-order valence-corrected chi connectivity index (χ0v) is 11.4. The summed E-state index contributed by atoms with van der Waals surface area (Å²) in [4.78, 5) is 2.22. The standard InChI is InChI=1S/C14H22N2O2/c1-11-4-5-14(17-3)13(8-11)16(2)9-12-10-18-7-6-15-12/h4-5,8,12,15H,6-7,9-10H2,1-3H3. The van der Waals surface area contributed by atoms with E-state index in [4.69, 9.17) is 9.47 Å². The largest absolute Gasteiger partial charge is 0.495 e. The van der Waals surface area contributed by atoms with Crippen molar-refractivity contribution in [3.8, 4) is 5.75 Å². The van der Waals surface area contributed by atoms with Crippen LogP contribution in [-0.4, -0.2) is 46.5 Å². The Hall–Kier alpha value is -1.26. The number of ether oxygens (including phenoxy) is 2. The van der Waals surface area contributed by atoms with E-state index in [1.54, 1.807) is 7.11 Å². The van der Waals surface area contributed by atoms with Crippen LogP contribution in [0, 0.1) is 6.92 Å². The van der Waals surface area contributed by atoms with Gasteiger partial charge in [0.2, 0.25) is 0 Å². The van der Waals surface area contributed by atoms with E-state index in [0.29, 0.717) is 6.04 Å². The Kier molecular flexibility index (Phi) is 4.44. The van der Waals surface area contributed by atoms with Gasteiger partial charge in [-0.2, -0.15) is 0 Å². The third-order valence-corrected chi connectivity index (χ3v) is 3.24. The van der Waals surface area contributed by atoms with Gasteiger partial charge in [0.1, 0.15) is 5.75 Å². The predicted octanol–water partition coefficient (Wildman–Crippen LogP) is 1.43. The number of hydrogen-bond acceptors (Lipinski definition) is 4. The molecule has 0 radical (unpaired) electrons. The van der Waals surface area contributed by atoms with Crippen LogP contribution in [0.4, 0.5) is 5.69 Å². The van der Waals surface area contributed by atoms with E-state index in [1.165, 1.54) is 5.56 Å². The maximum atomic E-state index is 5.48. The van der Waals surface area contributed by atoms with Crippen LogP contribution in [0.3, 0.4) is 0 Å². The molecule has 1 aliphatic rings. The van der Waals surface area contributed by atoms with Gasteiger partial charge in [0.15, 0.2) is 0 Å². The molecule has 4 nitrogen and oxygen atoms in total. The highest BCUT2D eigenvalue weighted by molar-refractivity contribution is 5.59. The molecule has 0 saturated carbocycles. The second kappa shape index (κ2) is 6.07. The van der Waals surface area contributed by atoms with Gasteiger partial charge in [-0.05, 0) is 24.6 Å². The summed E-state index contributed by atoms with van der Waals surface area (Å²) < 4.78 is 10.9. The summed E-state index contributed by atoms with van der Waals surface area (Å²) in [5.74, 6) is 0.917. The second-order valence-corrected chi connectivity index (χ2v) is 4.78. The fourth-order valence-electron chi connectivity index (χ4n) is 2.26. The molecule has 4 heteroatoms. The third kappa shape index (κ3) is 3.15. The molecule has 100 valence electrons. The molecular formula is C14H22N2O2. The van der Waals surface area contributed by atoms with Crippen molar-refractivity contribution in [1.29, 1.82) is 0 Å². The van der Waals surface area contributed by atoms with Gasteiger partial charge in [-0.3, -0.25) is 0 Å². The Labute approximate surface area is 109 Å². The van der Waals surface area contributed by atoms with Crippen molar-refractivity contribution in [3.05, 3.63) is 23.8 Å². The molecule has 0 aromatic heterocycles. The minimum Gasteiger partial charge on any atom is -0.495 e. The number of methoxy groups -OCH3 is 1. The average Bonchev–Trinajstić information content (AvgIpc) is 2.40. The van der Waals surface area contributed by atoms with Gasteiger partial charge in [-0.25, -0.2) is 0 Å². The molecular weight excluding hydrogens is 228 g/mol. The Balaban J connectivity index is 2.07. The summed E-state index contributed by atoms with van der Waals surface area (Å²) in [6, 6.07) is 6.63. The van der Waals surface area contributed by atoms with Crippen molar-refractivity contribution in [3.63, 3.8) is 0 Å². The molecule has 2 rings (SSSR count). The van der Waals surface area contributed by atoms with E-state index in [0.717, 1.165) is 37.7 Å². The van der Waals surface area contributed by atoms with E-state index >= 15 is 0 Å². The molecule has 1 fully saturated rings. The van der Waals surface area contributed by atoms with Crippen LogP contribution >= 0.6 is 0 Å². The van der Waals surface area contributed by atoms with E-state index in [1.807, 2.05) is 6.07 Å². The first-order chi connectivity index (χ1) is 8.70. The van der Waals surface area contributed by atoms with E-state index in [2.05, 4.69) is 36.3 Å². The van der Waals surface area contributed by atoms with Crippen LogP contribution in [0.5, 0.6) is 5.75 Å². The van der Waals surface area contributed by atoms with Crippen molar-refractivity contribution in [2.24, 2.45) is 0 Å². The topological polar surface area (TPSA) is 33.7 Å². The number of aryl methyl sites for hydroxylation is 1. The van der Waals surface area contributed by atoms with Gasteiger partial charge in [0.25, 0.3) is 0 Å². The molecule has 1 saturated heterocycles. The molecule has 1 atom stereocenters. The molecule has 0 aliphatic carbocycles. The maximum Gasteiger partial charge on any atom is 0.142 e. The first-order valence-corrected chi connectivity index (χ1v) is 6.37. The minimum atomic E-state index is 0.383. The fraction of sp³-hybridized carbons (Fsp3) is 0.571. The highest BCUT2D eigenvalue weighted by Gasteiger charge is 2.17. The molecule has 1 N–H and O–H groups in total. The SMILES string of the molecule is COc1ccc(C)cc1N(C)CC1COCCN1. The molecule has 1 aliphatic heterocycles. The zero-order valence-electron chi connectivity index (χ0n) is 11.4. The quantitative estimate of drug-likeness (QED) is 0.876. The van der Waals surface area contributed by atoms with Crippen LogP contribution in [0.25, 0.3) is 0 Å². The lowest BCUT2D eigenvalue weighted by Gasteiger charge is -2.30. The van der Waals surface area contributed by atoms with Crippen molar-refractivity contribution in [1.82, 2.24) is 5.32 Å². The molecule has 1 aromatic carbocycles. The van der Waals surface area contributed by atoms with Gasteiger partial charge < -0.3 is 19.7 Å². The third-order valence-electron chi connectivity index (χ3n) is 3.24. The average molecular weight is 250 g/mol. The van der Waals surface area contributed by atoms with Crippen LogP contribution < -0.4 is 15.0 Å². The van der Waals surface area contributed by atoms with Crippen molar-refractivity contribution >= 4 is 5.69 Å². The van der Waals surface area contributed by atoms with Gasteiger partial charge >= 0.3 is 0 Å². The molecule has 1 aromatic rings. The molecule has 1 heterocycles. The highest BCUT2D eigenvalue weighted by atomic mass is 16.5. The number of benzene rings is 1. The number of hydrogen-bond donors (Lipinski definition) is 1. The van der Waals surface area contributed by atoms with Crippen molar-refractivity contribution in [2.45, 2.75) is 13.0 Å². The van der Waals surface area contributed by atoms with Gasteiger partial charge in [0.05, 0.1) is 26.0 Å². The smallest absolute Gasteiger partial charge is 0.142 e. The summed E-state index contributed by atoms with van der Waals surface area (Å²) in [6.45, 7) is 5.54. The van der Waals surface area contributed by atoms with E-state index < -0.39 is 0 Å². The van der Waals surface area contributed by atoms with Crippen molar-refractivity contribution < 1.29 is 9.47 Å². The van der Waals surface area contributed by atoms with E-state index in [9.17, 15) is 0 Å². The molecule has 0 bridgehead atoms. The Morgan fingerprint density at radius 2 is 2.33 bits per heavy atom. The Morgan fingerprint density at radius 3 is 3.00 bits per heavy atom. The summed E-state index contributed by atoms with van der Waals surface area (Å²) in [6.07, 6.45) is 0. The zero-order chi connectivity index (χ0) is 13.0. The Bertz CT molecular complexity index is 389. The van der Waals surface area contributed by atoms with Crippen LogP contribution in [0.2, 0.25) is 0 Å². The normalized spacial score (nSPS) is 19.6. The van der Waals surface area contributed by atoms with Crippen molar-refractivity contribution in [2.75, 3.05) is 45.4 Å². The van der Waals surface area contributed by atoms with Crippen LogP contribution in [0.15, 0.2) is 18.2 Å². The highest BCUT2D eigenvalue weighted by Crippen LogP contribution is 2.28. The Morgan fingerprint density at radius 1 is 1.50 bits per heavy atom. The monoisotopic (exact) mass is 250 g/mol. The lowest BCUT2D eigenvalue weighted by molar-refractivity contribution is 0.0791. The van der Waals surface area contributed by atoms with Gasteiger partial charge in [-0.15, -0.1) is 0 Å². The number of anilines is 1. The molecule has 0 spiro atoms. The predicted molar refractivity (Wildman–Crippen MR) is 73.6 cm³/mol. The summed E-state index contributed by atoms with van der Waals surface area (Å²) in [7, 11) is 3.80. The lowest BCUT2D eigenvalue weighted by Crippen LogP contribution is -2.47. The summed E-state index contributed by atoms with van der Waals surface area (Å²) in [5, 5.41) is 3.46. The summed E-state index contributed by atoms with van der Waals surface area (Å²) in [5.41, 5.74) is 2.37. The number of nitrogens with zero attached hydrogens (tertiary/aromatic N) is 1. The molecule has 1 unspecified atom stereocenters. The van der Waals surface area contributed by atoms with Gasteiger partial charge in [-0.1, -0.05) is 6.07 Å². The minimum absolute atomic E-state index is 0.383. The number of rotatable bonds is 4.